The Morgan fingerprint density at radius 3 is 2.38 bits per heavy atom. The highest BCUT2D eigenvalue weighted by Gasteiger charge is 2.27. The number of carbonyl (C=O) groups is 1. The molecule has 0 radical (unpaired) electrons. The Bertz CT molecular complexity index is 1510. The van der Waals surface area contributed by atoms with Gasteiger partial charge in [-0.15, -0.1) is 0 Å². The first-order chi connectivity index (χ1) is 16.1. The van der Waals surface area contributed by atoms with Crippen LogP contribution in [0, 0.1) is 11.6 Å². The van der Waals surface area contributed by atoms with Crippen molar-refractivity contribution in [3.8, 4) is 0 Å². The Labute approximate surface area is 196 Å². The van der Waals surface area contributed by atoms with Crippen molar-refractivity contribution in [3.63, 3.8) is 0 Å². The van der Waals surface area contributed by atoms with Crippen molar-refractivity contribution in [2.75, 3.05) is 19.9 Å². The van der Waals surface area contributed by atoms with E-state index in [0.717, 1.165) is 21.5 Å². The number of aromatic nitrogens is 1. The summed E-state index contributed by atoms with van der Waals surface area (Å²) in [4.78, 5) is 13.1. The number of carbonyl (C=O) groups excluding carboxylic acids is 1. The van der Waals surface area contributed by atoms with E-state index in [1.54, 1.807) is 23.6 Å². The van der Waals surface area contributed by atoms with E-state index in [2.05, 4.69) is 0 Å². The van der Waals surface area contributed by atoms with Crippen molar-refractivity contribution in [2.24, 2.45) is 0 Å². The molecule has 0 spiro atoms. The minimum atomic E-state index is -3.58. The second-order valence-corrected chi connectivity index (χ2v) is 10.2. The summed E-state index contributed by atoms with van der Waals surface area (Å²) >= 11 is 0. The lowest BCUT2D eigenvalue weighted by Gasteiger charge is -2.16. The van der Waals surface area contributed by atoms with E-state index in [1.807, 2.05) is 18.2 Å². The molecule has 6 nitrogen and oxygen atoms in total. The van der Waals surface area contributed by atoms with Crippen LogP contribution in [0.15, 0.2) is 54.6 Å². The molecule has 0 atom stereocenters. The van der Waals surface area contributed by atoms with E-state index >= 15 is 0 Å². The summed E-state index contributed by atoms with van der Waals surface area (Å²) in [5, 5.41) is 1.91. The number of rotatable bonds is 7. The summed E-state index contributed by atoms with van der Waals surface area (Å²) in [5.41, 5.74) is 1.75. The summed E-state index contributed by atoms with van der Waals surface area (Å²) in [7, 11) is -2.19. The largest absolute Gasteiger partial charge is 0.461 e. The second kappa shape index (κ2) is 9.15. The maximum Gasteiger partial charge on any atom is 0.355 e. The van der Waals surface area contributed by atoms with E-state index in [-0.39, 0.29) is 31.2 Å². The van der Waals surface area contributed by atoms with Gasteiger partial charge in [0, 0.05) is 36.6 Å². The molecule has 0 unspecified atom stereocenters. The Kier molecular flexibility index (Phi) is 6.42. The van der Waals surface area contributed by atoms with Crippen molar-refractivity contribution >= 4 is 37.7 Å². The molecule has 1 aromatic heterocycles. The molecule has 0 saturated carbocycles. The Morgan fingerprint density at radius 2 is 1.71 bits per heavy atom. The van der Waals surface area contributed by atoms with Gasteiger partial charge in [0.05, 0.1) is 12.9 Å². The molecule has 0 amide bonds. The van der Waals surface area contributed by atoms with Crippen LogP contribution in [0.2, 0.25) is 0 Å². The highest BCUT2D eigenvalue weighted by Crippen LogP contribution is 2.31. The molecule has 178 valence electrons. The van der Waals surface area contributed by atoms with Gasteiger partial charge in [0.15, 0.2) is 0 Å². The van der Waals surface area contributed by atoms with E-state index in [1.165, 1.54) is 31.3 Å². The fourth-order valence-corrected chi connectivity index (χ4v) is 4.47. The molecular weight excluding hydrogens is 462 g/mol. The van der Waals surface area contributed by atoms with E-state index in [4.69, 9.17) is 4.74 Å². The standard InChI is InChI=1S/C25H24F2N2O4S/c1-4-33-25(30)24-22(15-28(2)34(3,31)32)21-13-19(27)10-11-23(21)29(24)14-17-7-5-6-16-8-9-18(26)12-20(16)17/h5-13H,4,14-15H2,1-3H3. The van der Waals surface area contributed by atoms with Crippen LogP contribution in [0.5, 0.6) is 0 Å². The number of hydrogen-bond acceptors (Lipinski definition) is 4. The van der Waals surface area contributed by atoms with Crippen molar-refractivity contribution in [2.45, 2.75) is 20.0 Å². The summed E-state index contributed by atoms with van der Waals surface area (Å²) in [6, 6.07) is 14.1. The summed E-state index contributed by atoms with van der Waals surface area (Å²) in [6.07, 6.45) is 1.06. The number of fused-ring (bicyclic) bond motifs is 2. The molecule has 4 aromatic rings. The maximum atomic E-state index is 14.3. The molecule has 0 bridgehead atoms. The first-order valence-electron chi connectivity index (χ1n) is 10.7. The van der Waals surface area contributed by atoms with E-state index in [0.29, 0.717) is 21.9 Å². The summed E-state index contributed by atoms with van der Waals surface area (Å²) in [5.74, 6) is -1.56. The average Bonchev–Trinajstić information content (AvgIpc) is 3.06. The third-order valence-electron chi connectivity index (χ3n) is 5.81. The van der Waals surface area contributed by atoms with Gasteiger partial charge in [0.1, 0.15) is 17.3 Å². The lowest BCUT2D eigenvalue weighted by atomic mass is 10.0. The van der Waals surface area contributed by atoms with Crippen LogP contribution in [0.4, 0.5) is 8.78 Å². The van der Waals surface area contributed by atoms with Crippen LogP contribution in [0.3, 0.4) is 0 Å². The van der Waals surface area contributed by atoms with Gasteiger partial charge in [0.25, 0.3) is 0 Å². The van der Waals surface area contributed by atoms with E-state index in [9.17, 15) is 22.0 Å². The van der Waals surface area contributed by atoms with Gasteiger partial charge in [-0.25, -0.2) is 26.3 Å². The molecule has 34 heavy (non-hydrogen) atoms. The minimum Gasteiger partial charge on any atom is -0.461 e. The molecule has 0 aliphatic rings. The van der Waals surface area contributed by atoms with E-state index < -0.39 is 21.8 Å². The normalized spacial score (nSPS) is 12.1. The second-order valence-electron chi connectivity index (χ2n) is 8.10. The Balaban J connectivity index is 1.99. The summed E-state index contributed by atoms with van der Waals surface area (Å²) < 4.78 is 60.6. The van der Waals surface area contributed by atoms with Crippen LogP contribution in [0.25, 0.3) is 21.7 Å². The zero-order valence-corrected chi connectivity index (χ0v) is 19.8. The van der Waals surface area contributed by atoms with Crippen molar-refractivity contribution < 1.29 is 26.7 Å². The highest BCUT2D eigenvalue weighted by molar-refractivity contribution is 7.88. The molecule has 0 N–H and O–H groups in total. The lowest BCUT2D eigenvalue weighted by molar-refractivity contribution is 0.0513. The fourth-order valence-electron chi connectivity index (χ4n) is 4.11. The molecule has 0 aliphatic heterocycles. The number of benzene rings is 3. The van der Waals surface area contributed by atoms with Crippen LogP contribution < -0.4 is 0 Å². The molecule has 0 saturated heterocycles. The number of sulfonamides is 1. The molecule has 3 aromatic carbocycles. The molecule has 0 aliphatic carbocycles. The van der Waals surface area contributed by atoms with Crippen LogP contribution in [-0.4, -0.2) is 43.2 Å². The zero-order chi connectivity index (χ0) is 24.6. The smallest absolute Gasteiger partial charge is 0.355 e. The molecule has 9 heteroatoms. The topological polar surface area (TPSA) is 68.6 Å². The highest BCUT2D eigenvalue weighted by atomic mass is 32.2. The van der Waals surface area contributed by atoms with Crippen molar-refractivity contribution in [1.29, 1.82) is 0 Å². The lowest BCUT2D eigenvalue weighted by Crippen LogP contribution is -2.26. The van der Waals surface area contributed by atoms with Gasteiger partial charge < -0.3 is 9.30 Å². The first-order valence-corrected chi connectivity index (χ1v) is 12.5. The number of halogens is 2. The van der Waals surface area contributed by atoms with Crippen molar-refractivity contribution in [1.82, 2.24) is 8.87 Å². The van der Waals surface area contributed by atoms with Gasteiger partial charge in [-0.1, -0.05) is 24.3 Å². The zero-order valence-electron chi connectivity index (χ0n) is 19.0. The van der Waals surface area contributed by atoms with Gasteiger partial charge in [-0.2, -0.15) is 0 Å². The SMILES string of the molecule is CCOC(=O)c1c(CN(C)S(C)(=O)=O)c2cc(F)ccc2n1Cc1cccc2ccc(F)cc12. The molecule has 0 fully saturated rings. The monoisotopic (exact) mass is 486 g/mol. The Morgan fingerprint density at radius 1 is 1.03 bits per heavy atom. The first kappa shape index (κ1) is 23.8. The number of ether oxygens (including phenoxy) is 1. The number of esters is 1. The number of nitrogens with zero attached hydrogens (tertiary/aromatic N) is 2. The predicted octanol–water partition coefficient (Wildman–Crippen LogP) is 4.69. The third kappa shape index (κ3) is 4.53. The molecule has 4 rings (SSSR count). The number of hydrogen-bond donors (Lipinski definition) is 0. The van der Waals surface area contributed by atoms with Gasteiger partial charge in [0.2, 0.25) is 10.0 Å². The van der Waals surface area contributed by atoms with Crippen LogP contribution in [0.1, 0.15) is 28.5 Å². The Hall–Kier alpha value is -3.30. The fraction of sp³-hybridized carbons (Fsp3) is 0.240. The van der Waals surface area contributed by atoms with Crippen LogP contribution in [-0.2, 0) is 27.8 Å². The average molecular weight is 487 g/mol. The third-order valence-corrected chi connectivity index (χ3v) is 7.07. The molecule has 1 heterocycles. The van der Waals surface area contributed by atoms with Gasteiger partial charge in [-0.05, 0) is 53.6 Å². The van der Waals surface area contributed by atoms with Crippen LogP contribution >= 0.6 is 0 Å². The van der Waals surface area contributed by atoms with Gasteiger partial charge in [-0.3, -0.25) is 0 Å². The predicted molar refractivity (Wildman–Crippen MR) is 127 cm³/mol. The quantitative estimate of drug-likeness (QED) is 0.356. The molecular formula is C25H24F2N2O4S. The minimum absolute atomic E-state index is 0.107. The van der Waals surface area contributed by atoms with Gasteiger partial charge >= 0.3 is 5.97 Å². The maximum absolute atomic E-state index is 14.3. The van der Waals surface area contributed by atoms with Crippen molar-refractivity contribution in [3.05, 3.63) is 83.1 Å². The summed E-state index contributed by atoms with van der Waals surface area (Å²) in [6.45, 7) is 1.79.